The molecule has 16 heteroatoms. The van der Waals surface area contributed by atoms with E-state index >= 15 is 0 Å². The maximum Gasteiger partial charge on any atom is 0.324 e. The predicted octanol–water partition coefficient (Wildman–Crippen LogP) is 5.14. The summed E-state index contributed by atoms with van der Waals surface area (Å²) < 4.78 is 14.2. The molecule has 4 aromatic rings. The van der Waals surface area contributed by atoms with Crippen molar-refractivity contribution < 1.29 is 38.6 Å². The highest BCUT2D eigenvalue weighted by Crippen LogP contribution is 2.42. The minimum atomic E-state index is -1.18. The number of aromatic nitrogens is 2. The second-order valence-corrected chi connectivity index (χ2v) is 19.6. The number of benzene rings is 2. The SMILES string of the molecule is CC[C@@H]1N[C@@H]1C(=O)N(C)CC(=O)N(C)C(C(=O)N[C@H]1Cc2cc(O)cc(c2)-c2ccc3c(c2)c(c(-c2cccnc2[C@H](C)OC)n3CC)CC(C)(C)COC(=O)[C@@H]2CCCN(N2)C1=O)C(C)C. The van der Waals surface area contributed by atoms with Gasteiger partial charge < -0.3 is 34.3 Å². The molecule has 2 aromatic heterocycles. The highest BCUT2D eigenvalue weighted by molar-refractivity contribution is 5.96. The Labute approximate surface area is 393 Å². The van der Waals surface area contributed by atoms with Gasteiger partial charge in [-0.15, -0.1) is 0 Å². The zero-order valence-corrected chi connectivity index (χ0v) is 40.6. The lowest BCUT2D eigenvalue weighted by atomic mass is 9.84. The van der Waals surface area contributed by atoms with Crippen molar-refractivity contribution in [3.05, 3.63) is 71.5 Å². The number of hydrazine groups is 1. The van der Waals surface area contributed by atoms with Crippen LogP contribution in [-0.4, -0.2) is 130 Å². The summed E-state index contributed by atoms with van der Waals surface area (Å²) in [5, 5.41) is 19.8. The fourth-order valence-electron chi connectivity index (χ4n) is 9.81. The molecule has 0 radical (unpaired) electrons. The van der Waals surface area contributed by atoms with Crippen LogP contribution in [0.4, 0.5) is 0 Å². The Bertz CT molecular complexity index is 2520. The molecule has 5 heterocycles. The average Bonchev–Trinajstić information content (AvgIpc) is 4.04. The van der Waals surface area contributed by atoms with Gasteiger partial charge in [0.1, 0.15) is 29.9 Å². The molecule has 1 unspecified atom stereocenters. The fraction of sp³-hybridized carbons (Fsp3) is 0.529. The second-order valence-electron chi connectivity index (χ2n) is 19.6. The number of cyclic esters (lactones) is 1. The molecular weight excluding hydrogens is 853 g/mol. The van der Waals surface area contributed by atoms with Crippen LogP contribution in [0, 0.1) is 11.3 Å². The number of aromatic hydroxyl groups is 1. The van der Waals surface area contributed by atoms with E-state index in [0.29, 0.717) is 36.9 Å². The summed E-state index contributed by atoms with van der Waals surface area (Å²) in [7, 11) is 4.77. The zero-order chi connectivity index (χ0) is 48.5. The lowest BCUT2D eigenvalue weighted by Gasteiger charge is -2.37. The van der Waals surface area contributed by atoms with Gasteiger partial charge in [0, 0.05) is 74.8 Å². The number of fused-ring (bicyclic) bond motifs is 6. The first-order chi connectivity index (χ1) is 31.9. The molecule has 4 amide bonds. The van der Waals surface area contributed by atoms with Gasteiger partial charge >= 0.3 is 5.97 Å². The molecule has 360 valence electrons. The molecule has 3 aliphatic heterocycles. The summed E-state index contributed by atoms with van der Waals surface area (Å²) in [4.78, 5) is 77.3. The summed E-state index contributed by atoms with van der Waals surface area (Å²) in [5.41, 5.74) is 9.49. The van der Waals surface area contributed by atoms with Gasteiger partial charge in [0.05, 0.1) is 30.6 Å². The van der Waals surface area contributed by atoms with E-state index in [1.165, 1.54) is 21.9 Å². The van der Waals surface area contributed by atoms with E-state index in [9.17, 15) is 29.1 Å². The number of amides is 4. The second kappa shape index (κ2) is 20.2. The van der Waals surface area contributed by atoms with Gasteiger partial charge in [0.15, 0.2) is 0 Å². The van der Waals surface area contributed by atoms with Gasteiger partial charge in [0.2, 0.25) is 17.7 Å². The van der Waals surface area contributed by atoms with Crippen LogP contribution in [0.2, 0.25) is 0 Å². The third-order valence-corrected chi connectivity index (χ3v) is 13.5. The first-order valence-corrected chi connectivity index (χ1v) is 23.6. The van der Waals surface area contributed by atoms with E-state index in [2.05, 4.69) is 59.6 Å². The van der Waals surface area contributed by atoms with Crippen molar-refractivity contribution in [2.24, 2.45) is 11.3 Å². The van der Waals surface area contributed by atoms with Crippen LogP contribution in [0.1, 0.15) is 90.7 Å². The minimum Gasteiger partial charge on any atom is -0.508 e. The number of carbonyl (C=O) groups is 5. The average molecular weight is 921 g/mol. The first-order valence-electron chi connectivity index (χ1n) is 23.6. The lowest BCUT2D eigenvalue weighted by molar-refractivity contribution is -0.155. The Balaban J connectivity index is 1.29. The zero-order valence-electron chi connectivity index (χ0n) is 40.6. The smallest absolute Gasteiger partial charge is 0.324 e. The Morgan fingerprint density at radius 3 is 2.51 bits per heavy atom. The third kappa shape index (κ3) is 10.5. The number of likely N-dealkylation sites (N-methyl/N-ethyl adjacent to an activating group) is 2. The number of phenols is 1. The van der Waals surface area contributed by atoms with Gasteiger partial charge in [-0.25, -0.2) is 5.43 Å². The molecule has 2 aromatic carbocycles. The normalized spacial score (nSPS) is 21.6. The molecule has 2 fully saturated rings. The third-order valence-electron chi connectivity index (χ3n) is 13.5. The van der Waals surface area contributed by atoms with Crippen LogP contribution in [0.5, 0.6) is 5.75 Å². The van der Waals surface area contributed by atoms with Crippen LogP contribution >= 0.6 is 0 Å². The number of phenolic OH excluding ortho intramolecular Hbond substituents is 1. The van der Waals surface area contributed by atoms with Gasteiger partial charge in [-0.3, -0.25) is 39.3 Å². The number of carbonyl (C=O) groups excluding carboxylic acids is 5. The minimum absolute atomic E-state index is 0.0177. The fourth-order valence-corrected chi connectivity index (χ4v) is 9.81. The van der Waals surface area contributed by atoms with Crippen molar-refractivity contribution >= 4 is 40.5 Å². The van der Waals surface area contributed by atoms with Crippen molar-refractivity contribution in [2.45, 2.75) is 123 Å². The quantitative estimate of drug-likeness (QED) is 0.108. The largest absolute Gasteiger partial charge is 0.508 e. The number of nitrogens with zero attached hydrogens (tertiary/aromatic N) is 5. The molecule has 6 atom stereocenters. The highest BCUT2D eigenvalue weighted by Gasteiger charge is 2.43. The van der Waals surface area contributed by atoms with Crippen molar-refractivity contribution in [1.29, 1.82) is 0 Å². The first kappa shape index (κ1) is 49.1. The number of methoxy groups -OCH3 is 1. The summed E-state index contributed by atoms with van der Waals surface area (Å²) in [6.07, 6.45) is 3.73. The maximum absolute atomic E-state index is 14.7. The number of nitrogens with one attached hydrogen (secondary N) is 3. The molecular formula is C51H68N8O8. The molecule has 0 spiro atoms. The van der Waals surface area contributed by atoms with Crippen molar-refractivity contribution in [3.8, 4) is 28.1 Å². The number of hydrogen-bond acceptors (Lipinski definition) is 11. The van der Waals surface area contributed by atoms with Crippen molar-refractivity contribution in [1.82, 2.24) is 40.4 Å². The van der Waals surface area contributed by atoms with Crippen molar-refractivity contribution in [2.75, 3.05) is 40.9 Å². The van der Waals surface area contributed by atoms with Crippen molar-refractivity contribution in [3.63, 3.8) is 0 Å². The Morgan fingerprint density at radius 2 is 1.82 bits per heavy atom. The van der Waals surface area contributed by atoms with Gasteiger partial charge in [0.25, 0.3) is 5.91 Å². The topological polar surface area (TPSA) is 198 Å². The van der Waals surface area contributed by atoms with E-state index < -0.39 is 47.2 Å². The molecule has 6 bridgehead atoms. The maximum atomic E-state index is 14.7. The Morgan fingerprint density at radius 1 is 1.06 bits per heavy atom. The number of aryl methyl sites for hydroxylation is 1. The summed E-state index contributed by atoms with van der Waals surface area (Å²) in [6, 6.07) is 12.2. The predicted molar refractivity (Wildman–Crippen MR) is 255 cm³/mol. The van der Waals surface area contributed by atoms with Crippen LogP contribution in [0.15, 0.2) is 54.7 Å². The highest BCUT2D eigenvalue weighted by atomic mass is 16.5. The number of hydrogen-bond donors (Lipinski definition) is 4. The summed E-state index contributed by atoms with van der Waals surface area (Å²) >= 11 is 0. The summed E-state index contributed by atoms with van der Waals surface area (Å²) in [6.45, 7) is 14.7. The molecule has 16 nitrogen and oxygen atoms in total. The van der Waals surface area contributed by atoms with Crippen LogP contribution in [0.3, 0.4) is 0 Å². The molecule has 3 aliphatic rings. The summed E-state index contributed by atoms with van der Waals surface area (Å²) in [5.74, 6) is -2.54. The van der Waals surface area contributed by atoms with E-state index in [1.807, 2.05) is 45.9 Å². The molecule has 7 rings (SSSR count). The van der Waals surface area contributed by atoms with E-state index in [-0.39, 0.29) is 61.9 Å². The molecule has 67 heavy (non-hydrogen) atoms. The molecule has 0 saturated carbocycles. The lowest BCUT2D eigenvalue weighted by Crippen LogP contribution is -2.62. The van der Waals surface area contributed by atoms with Crippen LogP contribution < -0.4 is 16.1 Å². The number of pyridine rings is 1. The Kier molecular flexibility index (Phi) is 14.8. The number of esters is 1. The number of ether oxygens (including phenoxy) is 2. The standard InChI is InChI=1S/C51H68N8O8/c1-11-38-44(53-38)49(64)56(8)27-42(61)57(9)45(29(3)4)47(62)54-40-23-31-21-33(24-34(60)22-31)32-17-18-41-36(25-32)37(46(58(41)12-2)35-15-13-19-52-43(35)30(5)66-10)26-51(6,7)28-67-50(65)39-16-14-20-59(55-39)48(40)63/h13,15,17-19,21-22,24-25,29-30,38-40,44-45,53,55,60H,11-12,14,16,20,23,26-28H2,1-10H3,(H,54,62)/t30-,38-,39-,40-,44-,45?/m0/s1. The number of rotatable bonds is 12. The van der Waals surface area contributed by atoms with Gasteiger partial charge in [-0.05, 0) is 104 Å². The van der Waals surface area contributed by atoms with Gasteiger partial charge in [-0.1, -0.05) is 46.8 Å². The molecule has 4 N–H and O–H groups in total. The van der Waals surface area contributed by atoms with E-state index in [1.54, 1.807) is 32.5 Å². The molecule has 0 aliphatic carbocycles. The monoisotopic (exact) mass is 921 g/mol. The van der Waals surface area contributed by atoms with Gasteiger partial charge in [-0.2, -0.15) is 0 Å². The van der Waals surface area contributed by atoms with E-state index in [4.69, 9.17) is 14.5 Å². The molecule has 2 saturated heterocycles. The van der Waals surface area contributed by atoms with E-state index in [0.717, 1.165) is 45.4 Å². The Hall–Kier alpha value is -5.84. The van der Waals surface area contributed by atoms with Crippen LogP contribution in [-0.2, 0) is 52.8 Å². The van der Waals surface area contributed by atoms with Crippen LogP contribution in [0.25, 0.3) is 33.3 Å².